The van der Waals surface area contributed by atoms with Gasteiger partial charge in [-0.05, 0) is 24.1 Å². The van der Waals surface area contributed by atoms with Crippen LogP contribution in [0.25, 0.3) is 0 Å². The Kier molecular flexibility index (Phi) is 5.29. The summed E-state index contributed by atoms with van der Waals surface area (Å²) in [5, 5.41) is 9.36. The van der Waals surface area contributed by atoms with Gasteiger partial charge in [0.15, 0.2) is 9.84 Å². The molecule has 2 rings (SSSR count). The molecule has 1 N–H and O–H groups in total. The fourth-order valence-corrected chi connectivity index (χ4v) is 3.52. The number of aryl methyl sites for hydroxylation is 1. The van der Waals surface area contributed by atoms with Crippen molar-refractivity contribution in [3.8, 4) is 0 Å². The van der Waals surface area contributed by atoms with Crippen LogP contribution in [-0.2, 0) is 25.8 Å². The number of sulfone groups is 1. The fraction of sp³-hybridized carbons (Fsp3) is 0.500. The van der Waals surface area contributed by atoms with Crippen LogP contribution in [0.15, 0.2) is 23.1 Å². The molecule has 1 amide bonds. The maximum atomic E-state index is 12.9. The average molecular weight is 355 g/mol. The van der Waals surface area contributed by atoms with Crippen molar-refractivity contribution in [1.29, 1.82) is 0 Å². The molecule has 0 radical (unpaired) electrons. The van der Waals surface area contributed by atoms with Gasteiger partial charge in [0, 0.05) is 31.9 Å². The van der Waals surface area contributed by atoms with Gasteiger partial charge >= 0.3 is 5.97 Å². The van der Waals surface area contributed by atoms with Crippen molar-refractivity contribution in [2.45, 2.75) is 36.8 Å². The highest BCUT2D eigenvalue weighted by Gasteiger charge is 2.40. The Labute approximate surface area is 141 Å². The summed E-state index contributed by atoms with van der Waals surface area (Å²) in [6, 6.07) is 3.41. The minimum atomic E-state index is -3.46. The molecule has 2 unspecified atom stereocenters. The second kappa shape index (κ2) is 6.90. The van der Waals surface area contributed by atoms with Gasteiger partial charge < -0.3 is 14.7 Å². The van der Waals surface area contributed by atoms with Crippen molar-refractivity contribution in [2.24, 2.45) is 0 Å². The van der Waals surface area contributed by atoms with Crippen LogP contribution >= 0.6 is 0 Å². The number of methoxy groups -OCH3 is 1. The second-order valence-corrected chi connectivity index (χ2v) is 7.87. The summed E-state index contributed by atoms with van der Waals surface area (Å²) < 4.78 is 28.7. The summed E-state index contributed by atoms with van der Waals surface area (Å²) in [5.74, 6) is -1.58. The Hall–Kier alpha value is -1.93. The van der Waals surface area contributed by atoms with Gasteiger partial charge in [-0.15, -0.1) is 0 Å². The lowest BCUT2D eigenvalue weighted by Crippen LogP contribution is -2.41. The van der Waals surface area contributed by atoms with Crippen molar-refractivity contribution in [1.82, 2.24) is 4.90 Å². The smallest absolute Gasteiger partial charge is 0.326 e. The van der Waals surface area contributed by atoms with E-state index in [2.05, 4.69) is 0 Å². The van der Waals surface area contributed by atoms with Crippen LogP contribution in [0.1, 0.15) is 29.3 Å². The lowest BCUT2D eigenvalue weighted by molar-refractivity contribution is -0.141. The van der Waals surface area contributed by atoms with E-state index in [0.717, 1.165) is 6.26 Å². The van der Waals surface area contributed by atoms with Crippen molar-refractivity contribution >= 4 is 21.7 Å². The van der Waals surface area contributed by atoms with Gasteiger partial charge in [-0.25, -0.2) is 13.2 Å². The lowest BCUT2D eigenvalue weighted by Gasteiger charge is -2.23. The van der Waals surface area contributed by atoms with Gasteiger partial charge in [-0.3, -0.25) is 4.79 Å². The number of rotatable bonds is 5. The number of carbonyl (C=O) groups is 2. The molecule has 1 fully saturated rings. The largest absolute Gasteiger partial charge is 0.480 e. The highest BCUT2D eigenvalue weighted by Crippen LogP contribution is 2.25. The first kappa shape index (κ1) is 18.4. The first-order chi connectivity index (χ1) is 11.2. The Bertz CT molecular complexity index is 758. The summed E-state index contributed by atoms with van der Waals surface area (Å²) >= 11 is 0. The van der Waals surface area contributed by atoms with Gasteiger partial charge in [-0.2, -0.15) is 0 Å². The highest BCUT2D eigenvalue weighted by molar-refractivity contribution is 7.90. The fourth-order valence-electron chi connectivity index (χ4n) is 2.88. The number of ether oxygens (including phenoxy) is 1. The number of aliphatic carboxylic acids is 1. The van der Waals surface area contributed by atoms with Crippen LogP contribution in [0, 0.1) is 0 Å². The van der Waals surface area contributed by atoms with E-state index in [9.17, 15) is 23.1 Å². The summed E-state index contributed by atoms with van der Waals surface area (Å²) in [4.78, 5) is 25.6. The third-order valence-corrected chi connectivity index (χ3v) is 5.37. The molecule has 0 aliphatic carbocycles. The molecule has 2 atom stereocenters. The number of hydrogen-bond acceptors (Lipinski definition) is 5. The predicted molar refractivity (Wildman–Crippen MR) is 86.8 cm³/mol. The van der Waals surface area contributed by atoms with Crippen molar-refractivity contribution in [3.63, 3.8) is 0 Å². The number of carbonyl (C=O) groups excluding carboxylic acids is 1. The van der Waals surface area contributed by atoms with Gasteiger partial charge in [-0.1, -0.05) is 13.0 Å². The van der Waals surface area contributed by atoms with Gasteiger partial charge in [0.25, 0.3) is 5.91 Å². The first-order valence-corrected chi connectivity index (χ1v) is 9.47. The molecule has 0 aromatic heterocycles. The molecule has 1 heterocycles. The van der Waals surface area contributed by atoms with E-state index in [1.807, 2.05) is 6.92 Å². The van der Waals surface area contributed by atoms with Crippen molar-refractivity contribution in [2.75, 3.05) is 19.9 Å². The quantitative estimate of drug-likeness (QED) is 0.844. The molecular weight excluding hydrogens is 334 g/mol. The molecule has 1 aromatic carbocycles. The van der Waals surface area contributed by atoms with Crippen LogP contribution in [0.2, 0.25) is 0 Å². The summed E-state index contributed by atoms with van der Waals surface area (Å²) in [7, 11) is -1.99. The molecule has 1 saturated heterocycles. The Morgan fingerprint density at radius 1 is 1.38 bits per heavy atom. The molecule has 24 heavy (non-hydrogen) atoms. The molecule has 8 heteroatoms. The van der Waals surface area contributed by atoms with E-state index in [-0.39, 0.29) is 29.5 Å². The molecule has 0 saturated carbocycles. The van der Waals surface area contributed by atoms with Crippen LogP contribution < -0.4 is 0 Å². The third kappa shape index (κ3) is 3.59. The molecule has 1 aromatic rings. The Morgan fingerprint density at radius 3 is 2.54 bits per heavy atom. The number of benzene rings is 1. The van der Waals surface area contributed by atoms with Gasteiger partial charge in [0.2, 0.25) is 0 Å². The second-order valence-electron chi connectivity index (χ2n) is 5.85. The molecule has 1 aliphatic rings. The standard InChI is InChI=1S/C16H21NO6S/c1-4-10-5-6-12(24(3,21)22)8-13(10)15(18)17-9-11(23-2)7-14(17)16(19)20/h5-6,8,11,14H,4,7,9H2,1-3H3,(H,19,20). The zero-order chi connectivity index (χ0) is 18.1. The van der Waals surface area contributed by atoms with Crippen LogP contribution in [-0.4, -0.2) is 62.4 Å². The van der Waals surface area contributed by atoms with Gasteiger partial charge in [0.1, 0.15) is 6.04 Å². The van der Waals surface area contributed by atoms with E-state index in [1.165, 1.54) is 24.1 Å². The molecule has 132 valence electrons. The monoisotopic (exact) mass is 355 g/mol. The maximum absolute atomic E-state index is 12.9. The Balaban J connectivity index is 2.46. The number of amides is 1. The number of nitrogens with zero attached hydrogens (tertiary/aromatic N) is 1. The number of likely N-dealkylation sites (tertiary alicyclic amines) is 1. The normalized spacial score (nSPS) is 21.0. The summed E-state index contributed by atoms with van der Waals surface area (Å²) in [5.41, 5.74) is 0.904. The van der Waals surface area contributed by atoms with E-state index >= 15 is 0 Å². The van der Waals surface area contributed by atoms with Crippen molar-refractivity contribution in [3.05, 3.63) is 29.3 Å². The SMILES string of the molecule is CCc1ccc(S(C)(=O)=O)cc1C(=O)N1CC(OC)CC1C(=O)O. The van der Waals surface area contributed by atoms with E-state index in [4.69, 9.17) is 4.74 Å². The van der Waals surface area contributed by atoms with Gasteiger partial charge in [0.05, 0.1) is 11.0 Å². The molecule has 0 bridgehead atoms. The van der Waals surface area contributed by atoms with Crippen LogP contribution in [0.5, 0.6) is 0 Å². The zero-order valence-electron chi connectivity index (χ0n) is 13.9. The minimum Gasteiger partial charge on any atom is -0.480 e. The molecule has 1 aliphatic heterocycles. The maximum Gasteiger partial charge on any atom is 0.326 e. The van der Waals surface area contributed by atoms with Crippen LogP contribution in [0.4, 0.5) is 0 Å². The predicted octanol–water partition coefficient (Wildman–Crippen LogP) is 0.967. The average Bonchev–Trinajstić information content (AvgIpc) is 2.97. The first-order valence-electron chi connectivity index (χ1n) is 7.58. The summed E-state index contributed by atoms with van der Waals surface area (Å²) in [6.45, 7) is 2.02. The zero-order valence-corrected chi connectivity index (χ0v) is 14.7. The van der Waals surface area contributed by atoms with E-state index in [0.29, 0.717) is 12.0 Å². The summed E-state index contributed by atoms with van der Waals surface area (Å²) in [6.07, 6.45) is 1.46. The topological polar surface area (TPSA) is 101 Å². The number of carboxylic acids is 1. The molecular formula is C16H21NO6S. The highest BCUT2D eigenvalue weighted by atomic mass is 32.2. The lowest BCUT2D eigenvalue weighted by atomic mass is 10.0. The Morgan fingerprint density at radius 2 is 2.04 bits per heavy atom. The van der Waals surface area contributed by atoms with E-state index < -0.39 is 27.8 Å². The third-order valence-electron chi connectivity index (χ3n) is 4.26. The van der Waals surface area contributed by atoms with E-state index in [1.54, 1.807) is 6.07 Å². The van der Waals surface area contributed by atoms with Crippen LogP contribution in [0.3, 0.4) is 0 Å². The van der Waals surface area contributed by atoms with Crippen molar-refractivity contribution < 1.29 is 27.9 Å². The number of hydrogen-bond donors (Lipinski definition) is 1. The minimum absolute atomic E-state index is 0.0393. The molecule has 7 nitrogen and oxygen atoms in total. The number of carboxylic acid groups (broad SMARTS) is 1. The molecule has 0 spiro atoms.